The highest BCUT2D eigenvalue weighted by molar-refractivity contribution is 8.02. The highest BCUT2D eigenvalue weighted by Crippen LogP contribution is 2.66. The number of rotatable bonds is 14. The second kappa shape index (κ2) is 13.8. The van der Waals surface area contributed by atoms with E-state index in [4.69, 9.17) is 14.6 Å². The number of carbonyl (C=O) groups excluding carboxylic acids is 3. The van der Waals surface area contributed by atoms with Crippen molar-refractivity contribution >= 4 is 35.2 Å². The molecule has 2 bridgehead atoms. The van der Waals surface area contributed by atoms with Gasteiger partial charge in [0, 0.05) is 50.3 Å². The van der Waals surface area contributed by atoms with Crippen LogP contribution < -0.4 is 15.4 Å². The third kappa shape index (κ3) is 6.38. The molecule has 2 unspecified atom stereocenters. The van der Waals surface area contributed by atoms with E-state index in [-0.39, 0.29) is 29.6 Å². The standard InChI is InChI=1S/C30H44N4O6S/c1-2-40-22-9-7-21(8-10-22)32-27(36)24-23-11-12-30(41-23)25(24)29(38)34(14-5-3-4-6-18-35)26(30)28(37)31-13-15-33-16-19-39-20-17-33/h7-10,23-26,35H,2-6,11-20H2,1H3,(H,31,37)(H,32,36)/t23-,24+,25+,26?,30?/m1/s1. The summed E-state index contributed by atoms with van der Waals surface area (Å²) >= 11 is 1.69. The Balaban J connectivity index is 1.30. The zero-order chi connectivity index (χ0) is 28.8. The fourth-order valence-corrected chi connectivity index (χ4v) is 9.25. The van der Waals surface area contributed by atoms with Crippen LogP contribution in [0.25, 0.3) is 0 Å². The number of thioether (sulfide) groups is 1. The number of nitrogens with one attached hydrogen (secondary N) is 2. The molecule has 1 spiro atoms. The van der Waals surface area contributed by atoms with Crippen molar-refractivity contribution in [1.82, 2.24) is 15.1 Å². The predicted octanol–water partition coefficient (Wildman–Crippen LogP) is 2.12. The molecule has 3 amide bonds. The number of hydrogen-bond donors (Lipinski definition) is 3. The van der Waals surface area contributed by atoms with Gasteiger partial charge in [0.1, 0.15) is 11.8 Å². The monoisotopic (exact) mass is 588 g/mol. The molecule has 1 aromatic carbocycles. The zero-order valence-electron chi connectivity index (χ0n) is 24.0. The summed E-state index contributed by atoms with van der Waals surface area (Å²) in [6.45, 7) is 7.52. The summed E-state index contributed by atoms with van der Waals surface area (Å²) in [7, 11) is 0. The zero-order valence-corrected chi connectivity index (χ0v) is 24.8. The van der Waals surface area contributed by atoms with Crippen molar-refractivity contribution in [3.63, 3.8) is 0 Å². The van der Waals surface area contributed by atoms with Crippen LogP contribution in [0.2, 0.25) is 0 Å². The molecule has 0 aliphatic carbocycles. The van der Waals surface area contributed by atoms with E-state index in [1.807, 2.05) is 31.2 Å². The molecule has 11 heteroatoms. The highest BCUT2D eigenvalue weighted by atomic mass is 32.2. The van der Waals surface area contributed by atoms with Crippen LogP contribution in [0.3, 0.4) is 0 Å². The van der Waals surface area contributed by atoms with Gasteiger partial charge in [0.15, 0.2) is 0 Å². The Morgan fingerprint density at radius 2 is 1.85 bits per heavy atom. The van der Waals surface area contributed by atoms with Crippen LogP contribution in [0, 0.1) is 11.8 Å². The van der Waals surface area contributed by atoms with Gasteiger partial charge in [-0.25, -0.2) is 0 Å². The van der Waals surface area contributed by atoms with E-state index >= 15 is 0 Å². The Morgan fingerprint density at radius 1 is 1.10 bits per heavy atom. The Kier molecular flexibility index (Phi) is 10.1. The minimum atomic E-state index is -0.587. The third-order valence-corrected chi connectivity index (χ3v) is 10.9. The van der Waals surface area contributed by atoms with E-state index in [0.717, 1.165) is 63.9 Å². The number of ether oxygens (including phenoxy) is 2. The van der Waals surface area contributed by atoms with Crippen LogP contribution >= 0.6 is 11.8 Å². The average Bonchev–Trinajstić information content (AvgIpc) is 3.62. The van der Waals surface area contributed by atoms with Gasteiger partial charge in [0.05, 0.1) is 36.4 Å². The fraction of sp³-hybridized carbons (Fsp3) is 0.700. The van der Waals surface area contributed by atoms with Gasteiger partial charge in [0.25, 0.3) is 0 Å². The van der Waals surface area contributed by atoms with Crippen LogP contribution in [0.15, 0.2) is 24.3 Å². The Bertz CT molecular complexity index is 1070. The largest absolute Gasteiger partial charge is 0.494 e. The minimum Gasteiger partial charge on any atom is -0.494 e. The third-order valence-electron chi connectivity index (χ3n) is 8.92. The van der Waals surface area contributed by atoms with Gasteiger partial charge >= 0.3 is 0 Å². The van der Waals surface area contributed by atoms with Crippen LogP contribution in [-0.4, -0.2) is 108 Å². The number of nitrogens with zero attached hydrogens (tertiary/aromatic N) is 2. The molecule has 4 fully saturated rings. The molecular formula is C30H44N4O6S. The molecule has 5 rings (SSSR count). The lowest BCUT2D eigenvalue weighted by Crippen LogP contribution is -2.54. The molecule has 10 nitrogen and oxygen atoms in total. The lowest BCUT2D eigenvalue weighted by atomic mass is 9.70. The highest BCUT2D eigenvalue weighted by Gasteiger charge is 2.73. The summed E-state index contributed by atoms with van der Waals surface area (Å²) in [4.78, 5) is 45.7. The number of amides is 3. The molecule has 0 aromatic heterocycles. The predicted molar refractivity (Wildman–Crippen MR) is 158 cm³/mol. The number of morpholine rings is 1. The van der Waals surface area contributed by atoms with Crippen molar-refractivity contribution in [2.75, 3.05) is 64.5 Å². The van der Waals surface area contributed by atoms with Gasteiger partial charge in [-0.2, -0.15) is 0 Å². The number of hydrogen-bond acceptors (Lipinski definition) is 8. The number of benzene rings is 1. The maximum atomic E-state index is 14.1. The summed E-state index contributed by atoms with van der Waals surface area (Å²) in [6, 6.07) is 6.71. The fourth-order valence-electron chi connectivity index (χ4n) is 7.03. The van der Waals surface area contributed by atoms with E-state index in [1.165, 1.54) is 0 Å². The molecular weight excluding hydrogens is 544 g/mol. The lowest BCUT2D eigenvalue weighted by Gasteiger charge is -2.34. The molecule has 3 N–H and O–H groups in total. The van der Waals surface area contributed by atoms with E-state index in [9.17, 15) is 14.4 Å². The number of carbonyl (C=O) groups is 3. The maximum Gasteiger partial charge on any atom is 0.244 e. The number of anilines is 1. The first-order valence-electron chi connectivity index (χ1n) is 15.2. The SMILES string of the molecule is CCOc1ccc(NC(=O)[C@@H]2[C@H]3C(=O)N(CCCCCCO)C(C(=O)NCCN4CCOCC4)C34CC[C@H]2S4)cc1. The molecule has 41 heavy (non-hydrogen) atoms. The maximum absolute atomic E-state index is 14.1. The summed E-state index contributed by atoms with van der Waals surface area (Å²) < 4.78 is 10.4. The van der Waals surface area contributed by atoms with Crippen molar-refractivity contribution in [2.24, 2.45) is 11.8 Å². The van der Waals surface area contributed by atoms with E-state index < -0.39 is 22.6 Å². The second-order valence-corrected chi connectivity index (χ2v) is 13.0. The first-order chi connectivity index (χ1) is 20.0. The number of unbranched alkanes of at least 4 members (excludes halogenated alkanes) is 3. The second-order valence-electron chi connectivity index (χ2n) is 11.4. The van der Waals surface area contributed by atoms with E-state index in [2.05, 4.69) is 15.5 Å². The van der Waals surface area contributed by atoms with Crippen molar-refractivity contribution < 1.29 is 29.0 Å². The lowest BCUT2D eigenvalue weighted by molar-refractivity contribution is -0.139. The van der Waals surface area contributed by atoms with Crippen molar-refractivity contribution in [3.05, 3.63) is 24.3 Å². The Labute approximate surface area is 246 Å². The number of likely N-dealkylation sites (tertiary alicyclic amines) is 1. The Hall–Kier alpha value is -2.34. The summed E-state index contributed by atoms with van der Waals surface area (Å²) in [5.41, 5.74) is 0.670. The first-order valence-corrected chi connectivity index (χ1v) is 16.1. The quantitative estimate of drug-likeness (QED) is 0.283. The van der Waals surface area contributed by atoms with E-state index in [1.54, 1.807) is 16.7 Å². The molecule has 4 heterocycles. The number of aliphatic hydroxyl groups is 1. The normalized spacial score (nSPS) is 29.0. The molecule has 4 aliphatic heterocycles. The topological polar surface area (TPSA) is 120 Å². The molecule has 226 valence electrons. The Morgan fingerprint density at radius 3 is 2.59 bits per heavy atom. The van der Waals surface area contributed by atoms with Crippen LogP contribution in [0.1, 0.15) is 45.4 Å². The molecule has 0 radical (unpaired) electrons. The molecule has 0 saturated carbocycles. The smallest absolute Gasteiger partial charge is 0.244 e. The van der Waals surface area contributed by atoms with Crippen molar-refractivity contribution in [3.8, 4) is 5.75 Å². The summed E-state index contributed by atoms with van der Waals surface area (Å²) in [6.07, 6.45) is 4.84. The van der Waals surface area contributed by atoms with Crippen molar-refractivity contribution in [1.29, 1.82) is 0 Å². The van der Waals surface area contributed by atoms with Gasteiger partial charge in [0.2, 0.25) is 17.7 Å². The minimum absolute atomic E-state index is 0.0157. The van der Waals surface area contributed by atoms with Gasteiger partial charge < -0.3 is 30.1 Å². The van der Waals surface area contributed by atoms with Gasteiger partial charge in [-0.3, -0.25) is 19.3 Å². The molecule has 4 saturated heterocycles. The van der Waals surface area contributed by atoms with E-state index in [0.29, 0.717) is 38.6 Å². The van der Waals surface area contributed by atoms with Gasteiger partial charge in [-0.1, -0.05) is 12.8 Å². The van der Waals surface area contributed by atoms with Crippen LogP contribution in [0.5, 0.6) is 5.75 Å². The molecule has 4 aliphatic rings. The van der Waals surface area contributed by atoms with Crippen molar-refractivity contribution in [2.45, 2.75) is 61.5 Å². The number of fused-ring (bicyclic) bond motifs is 1. The van der Waals surface area contributed by atoms with Crippen LogP contribution in [-0.2, 0) is 19.1 Å². The summed E-state index contributed by atoms with van der Waals surface area (Å²) in [5.74, 6) is -0.574. The first kappa shape index (κ1) is 30.1. The number of aliphatic hydroxyl groups excluding tert-OH is 1. The van der Waals surface area contributed by atoms with Gasteiger partial charge in [-0.15, -0.1) is 11.8 Å². The molecule has 1 aromatic rings. The average molecular weight is 589 g/mol. The summed E-state index contributed by atoms with van der Waals surface area (Å²) in [5, 5.41) is 15.3. The van der Waals surface area contributed by atoms with Crippen LogP contribution in [0.4, 0.5) is 5.69 Å². The molecule has 5 atom stereocenters. The van der Waals surface area contributed by atoms with Gasteiger partial charge in [-0.05, 0) is 56.9 Å².